The van der Waals surface area contributed by atoms with Gasteiger partial charge in [-0.15, -0.1) is 5.10 Å². The lowest BCUT2D eigenvalue weighted by molar-refractivity contribution is 0.775. The van der Waals surface area contributed by atoms with Gasteiger partial charge in [0.15, 0.2) is 5.82 Å². The second-order valence-corrected chi connectivity index (χ2v) is 6.12. The first-order valence-corrected chi connectivity index (χ1v) is 8.52. The Hall–Kier alpha value is -2.44. The van der Waals surface area contributed by atoms with Gasteiger partial charge in [0.05, 0.1) is 16.4 Å². The largest absolute Gasteiger partial charge is 0.277 e. The molecule has 0 atom stereocenters. The highest BCUT2D eigenvalue weighted by atomic mass is 35.5. The molecule has 25 heavy (non-hydrogen) atoms. The molecule has 128 valence electrons. The van der Waals surface area contributed by atoms with E-state index in [9.17, 15) is 0 Å². The van der Waals surface area contributed by atoms with Gasteiger partial charge in [0, 0.05) is 17.7 Å². The summed E-state index contributed by atoms with van der Waals surface area (Å²) in [6.07, 6.45) is 3.16. The van der Waals surface area contributed by atoms with Gasteiger partial charge in [-0.3, -0.25) is 5.43 Å². The van der Waals surface area contributed by atoms with E-state index in [1.165, 1.54) is 5.56 Å². The predicted octanol–water partition coefficient (Wildman–Crippen LogP) is 4.17. The summed E-state index contributed by atoms with van der Waals surface area (Å²) in [7, 11) is 0. The lowest BCUT2D eigenvalue weighted by Gasteiger charge is -2.04. The van der Waals surface area contributed by atoms with E-state index in [4.69, 9.17) is 23.2 Å². The summed E-state index contributed by atoms with van der Waals surface area (Å²) in [4.78, 5) is 0. The molecule has 8 heteroatoms. The Kier molecular flexibility index (Phi) is 5.63. The van der Waals surface area contributed by atoms with E-state index in [-0.39, 0.29) is 0 Å². The van der Waals surface area contributed by atoms with Crippen LogP contribution in [0.1, 0.15) is 18.3 Å². The molecule has 0 bridgehead atoms. The zero-order chi connectivity index (χ0) is 17.6. The van der Waals surface area contributed by atoms with Gasteiger partial charge >= 0.3 is 0 Å². The minimum atomic E-state index is 0.473. The lowest BCUT2D eigenvalue weighted by Crippen LogP contribution is -2.04. The maximum atomic E-state index is 6.08. The van der Waals surface area contributed by atoms with Crippen LogP contribution in [0.25, 0.3) is 5.69 Å². The van der Waals surface area contributed by atoms with Crippen LogP contribution in [0.4, 0.5) is 5.69 Å². The molecule has 6 nitrogen and oxygen atoms in total. The molecule has 1 N–H and O–H groups in total. The van der Waals surface area contributed by atoms with E-state index < -0.39 is 0 Å². The summed E-state index contributed by atoms with van der Waals surface area (Å²) in [5, 5.41) is 17.1. The quantitative estimate of drug-likeness (QED) is 0.519. The van der Waals surface area contributed by atoms with Crippen molar-refractivity contribution in [1.82, 2.24) is 20.2 Å². The Morgan fingerprint density at radius 1 is 1.16 bits per heavy atom. The number of nitrogens with zero attached hydrogens (tertiary/aromatic N) is 5. The van der Waals surface area contributed by atoms with Crippen LogP contribution in [0.5, 0.6) is 0 Å². The number of tetrazole rings is 1. The number of hydrazone groups is 1. The Bertz CT molecular complexity index is 873. The van der Waals surface area contributed by atoms with Crippen LogP contribution >= 0.6 is 23.2 Å². The standard InChI is InChI=1S/C17H16Cl2N6/c1-2-12-3-6-14(7-4-12)25-17(22-23-24-25)9-10-20-21-16-8-5-13(18)11-15(16)19/h3-8,10-11,21H,2,9H2,1H3. The van der Waals surface area contributed by atoms with Crippen molar-refractivity contribution >= 4 is 35.1 Å². The van der Waals surface area contributed by atoms with E-state index in [0.717, 1.165) is 12.1 Å². The number of rotatable bonds is 6. The number of aryl methyl sites for hydroxylation is 1. The van der Waals surface area contributed by atoms with Crippen molar-refractivity contribution in [3.05, 3.63) is 63.9 Å². The number of aromatic nitrogens is 4. The fraction of sp³-hybridized carbons (Fsp3) is 0.176. The molecule has 3 rings (SSSR count). The molecule has 0 spiro atoms. The average Bonchev–Trinajstić information content (AvgIpc) is 3.09. The summed E-state index contributed by atoms with van der Waals surface area (Å²) in [6.45, 7) is 2.12. The minimum Gasteiger partial charge on any atom is -0.277 e. The van der Waals surface area contributed by atoms with Gasteiger partial charge in [0.2, 0.25) is 0 Å². The molecule has 0 aliphatic heterocycles. The second-order valence-electron chi connectivity index (χ2n) is 5.28. The molecule has 0 saturated carbocycles. The summed E-state index contributed by atoms with van der Waals surface area (Å²) >= 11 is 11.9. The first-order valence-electron chi connectivity index (χ1n) is 7.76. The van der Waals surface area contributed by atoms with Crippen LogP contribution in [-0.4, -0.2) is 26.4 Å². The Balaban J connectivity index is 1.66. The van der Waals surface area contributed by atoms with Crippen molar-refractivity contribution in [1.29, 1.82) is 0 Å². The third-order valence-electron chi connectivity index (χ3n) is 3.60. The van der Waals surface area contributed by atoms with Crippen molar-refractivity contribution in [2.24, 2.45) is 5.10 Å². The van der Waals surface area contributed by atoms with Gasteiger partial charge in [-0.2, -0.15) is 9.78 Å². The maximum absolute atomic E-state index is 6.08. The van der Waals surface area contributed by atoms with Gasteiger partial charge < -0.3 is 0 Å². The number of benzene rings is 2. The maximum Gasteiger partial charge on any atom is 0.162 e. The summed E-state index contributed by atoms with van der Waals surface area (Å²) in [5.41, 5.74) is 5.74. The molecular formula is C17H16Cl2N6. The van der Waals surface area contributed by atoms with Gasteiger partial charge in [-0.05, 0) is 52.7 Å². The van der Waals surface area contributed by atoms with Gasteiger partial charge in [0.25, 0.3) is 0 Å². The third-order valence-corrected chi connectivity index (χ3v) is 4.15. The molecule has 0 amide bonds. The molecule has 0 aliphatic rings. The fourth-order valence-corrected chi connectivity index (χ4v) is 2.68. The normalized spacial score (nSPS) is 11.2. The van der Waals surface area contributed by atoms with E-state index >= 15 is 0 Å². The van der Waals surface area contributed by atoms with Crippen molar-refractivity contribution < 1.29 is 0 Å². The number of anilines is 1. The van der Waals surface area contributed by atoms with Crippen LogP contribution < -0.4 is 5.43 Å². The predicted molar refractivity (Wildman–Crippen MR) is 101 cm³/mol. The van der Waals surface area contributed by atoms with Crippen LogP contribution in [0.15, 0.2) is 47.6 Å². The SMILES string of the molecule is CCc1ccc(-n2nnnc2CC=NNc2ccc(Cl)cc2Cl)cc1. The van der Waals surface area contributed by atoms with Crippen LogP contribution in [0.3, 0.4) is 0 Å². The van der Waals surface area contributed by atoms with Gasteiger partial charge in [0.1, 0.15) is 0 Å². The van der Waals surface area contributed by atoms with E-state index in [1.807, 2.05) is 12.1 Å². The van der Waals surface area contributed by atoms with Crippen molar-refractivity contribution in [2.75, 3.05) is 5.43 Å². The average molecular weight is 375 g/mol. The molecule has 0 saturated heterocycles. The minimum absolute atomic E-state index is 0.473. The number of hydrogen-bond donors (Lipinski definition) is 1. The molecule has 0 radical (unpaired) electrons. The highest BCUT2D eigenvalue weighted by molar-refractivity contribution is 6.36. The highest BCUT2D eigenvalue weighted by Gasteiger charge is 2.07. The first kappa shape index (κ1) is 17.4. The topological polar surface area (TPSA) is 68.0 Å². The zero-order valence-corrected chi connectivity index (χ0v) is 15.0. The Labute approximate surface area is 155 Å². The summed E-state index contributed by atoms with van der Waals surface area (Å²) in [5.74, 6) is 0.692. The van der Waals surface area contributed by atoms with E-state index in [2.05, 4.69) is 45.1 Å². The number of nitrogens with one attached hydrogen (secondary N) is 1. The smallest absolute Gasteiger partial charge is 0.162 e. The number of halogens is 2. The third kappa shape index (κ3) is 4.35. The Morgan fingerprint density at radius 2 is 1.96 bits per heavy atom. The molecule has 0 fully saturated rings. The monoisotopic (exact) mass is 374 g/mol. The van der Waals surface area contributed by atoms with Crippen LogP contribution in [-0.2, 0) is 12.8 Å². The molecule has 3 aromatic rings. The van der Waals surface area contributed by atoms with Crippen molar-refractivity contribution in [2.45, 2.75) is 19.8 Å². The molecule has 1 heterocycles. The Morgan fingerprint density at radius 3 is 2.68 bits per heavy atom. The molecular weight excluding hydrogens is 359 g/mol. The summed E-state index contributed by atoms with van der Waals surface area (Å²) in [6, 6.07) is 13.3. The van der Waals surface area contributed by atoms with Crippen LogP contribution in [0.2, 0.25) is 10.0 Å². The van der Waals surface area contributed by atoms with E-state index in [0.29, 0.717) is 28.0 Å². The molecule has 0 aliphatic carbocycles. The zero-order valence-electron chi connectivity index (χ0n) is 13.5. The highest BCUT2D eigenvalue weighted by Crippen LogP contribution is 2.25. The van der Waals surface area contributed by atoms with E-state index in [1.54, 1.807) is 29.1 Å². The molecule has 2 aromatic carbocycles. The fourth-order valence-electron chi connectivity index (χ4n) is 2.23. The lowest BCUT2D eigenvalue weighted by atomic mass is 10.1. The molecule has 1 aromatic heterocycles. The number of hydrogen-bond acceptors (Lipinski definition) is 5. The molecule has 0 unspecified atom stereocenters. The van der Waals surface area contributed by atoms with Gasteiger partial charge in [-0.1, -0.05) is 42.3 Å². The van der Waals surface area contributed by atoms with Crippen molar-refractivity contribution in [3.63, 3.8) is 0 Å². The summed E-state index contributed by atoms with van der Waals surface area (Å²) < 4.78 is 1.70. The van der Waals surface area contributed by atoms with Crippen molar-refractivity contribution in [3.8, 4) is 5.69 Å². The first-order chi connectivity index (χ1) is 12.2. The van der Waals surface area contributed by atoms with Crippen LogP contribution in [0, 0.1) is 0 Å². The van der Waals surface area contributed by atoms with Gasteiger partial charge in [-0.25, -0.2) is 0 Å². The second kappa shape index (κ2) is 8.09.